The minimum atomic E-state index is -0.792. The van der Waals surface area contributed by atoms with E-state index in [4.69, 9.17) is 5.73 Å². The highest BCUT2D eigenvalue weighted by Gasteiger charge is 2.19. The molecule has 1 unspecified atom stereocenters. The Labute approximate surface area is 85.8 Å². The molecule has 0 bridgehead atoms. The molecular formula is C12H19NO. The third-order valence-corrected chi connectivity index (χ3v) is 2.51. The van der Waals surface area contributed by atoms with Crippen molar-refractivity contribution < 1.29 is 5.11 Å². The fourth-order valence-electron chi connectivity index (χ4n) is 1.53. The van der Waals surface area contributed by atoms with Gasteiger partial charge in [0.05, 0.1) is 5.60 Å². The van der Waals surface area contributed by atoms with Gasteiger partial charge in [0.2, 0.25) is 0 Å². The summed E-state index contributed by atoms with van der Waals surface area (Å²) in [5.41, 5.74) is 8.33. The first-order valence-corrected chi connectivity index (χ1v) is 4.93. The Bertz CT molecular complexity index is 318. The molecular weight excluding hydrogens is 174 g/mol. The molecule has 0 amide bonds. The Morgan fingerprint density at radius 2 is 2.00 bits per heavy atom. The maximum absolute atomic E-state index is 9.85. The van der Waals surface area contributed by atoms with Crippen molar-refractivity contribution in [2.75, 3.05) is 6.54 Å². The lowest BCUT2D eigenvalue weighted by Crippen LogP contribution is -2.36. The predicted molar refractivity (Wildman–Crippen MR) is 59.3 cm³/mol. The monoisotopic (exact) mass is 193 g/mol. The number of aryl methyl sites for hydroxylation is 2. The summed E-state index contributed by atoms with van der Waals surface area (Å²) >= 11 is 0. The van der Waals surface area contributed by atoms with Gasteiger partial charge in [-0.25, -0.2) is 0 Å². The summed E-state index contributed by atoms with van der Waals surface area (Å²) in [4.78, 5) is 0. The SMILES string of the molecule is Cc1ccc(CC(C)(O)CN)c(C)c1. The zero-order valence-electron chi connectivity index (χ0n) is 9.17. The minimum absolute atomic E-state index is 0.292. The van der Waals surface area contributed by atoms with Crippen LogP contribution in [0.3, 0.4) is 0 Å². The molecule has 0 radical (unpaired) electrons. The van der Waals surface area contributed by atoms with E-state index in [-0.39, 0.29) is 0 Å². The third kappa shape index (κ3) is 2.82. The first-order chi connectivity index (χ1) is 6.44. The van der Waals surface area contributed by atoms with Gasteiger partial charge < -0.3 is 10.8 Å². The molecule has 0 saturated heterocycles. The maximum Gasteiger partial charge on any atom is 0.0781 e. The maximum atomic E-state index is 9.85. The van der Waals surface area contributed by atoms with Crippen molar-refractivity contribution in [2.24, 2.45) is 5.73 Å². The molecule has 0 aliphatic rings. The first-order valence-electron chi connectivity index (χ1n) is 4.93. The zero-order valence-corrected chi connectivity index (χ0v) is 9.17. The van der Waals surface area contributed by atoms with Crippen molar-refractivity contribution in [1.82, 2.24) is 0 Å². The van der Waals surface area contributed by atoms with E-state index < -0.39 is 5.60 Å². The minimum Gasteiger partial charge on any atom is -0.389 e. The van der Waals surface area contributed by atoms with E-state index in [0.29, 0.717) is 13.0 Å². The standard InChI is InChI=1S/C12H19NO/c1-9-4-5-11(10(2)6-9)7-12(3,14)8-13/h4-6,14H,7-8,13H2,1-3H3. The molecule has 2 nitrogen and oxygen atoms in total. The normalized spacial score (nSPS) is 15.2. The van der Waals surface area contributed by atoms with Crippen molar-refractivity contribution >= 4 is 0 Å². The molecule has 0 aliphatic carbocycles. The van der Waals surface area contributed by atoms with Gasteiger partial charge in [-0.2, -0.15) is 0 Å². The molecule has 0 aliphatic heterocycles. The first kappa shape index (κ1) is 11.2. The Morgan fingerprint density at radius 3 is 2.50 bits per heavy atom. The van der Waals surface area contributed by atoms with Crippen LogP contribution in [0.2, 0.25) is 0 Å². The fraction of sp³-hybridized carbons (Fsp3) is 0.500. The molecule has 2 heteroatoms. The second-order valence-corrected chi connectivity index (χ2v) is 4.31. The number of benzene rings is 1. The molecule has 78 valence electrons. The van der Waals surface area contributed by atoms with Gasteiger partial charge in [-0.15, -0.1) is 0 Å². The molecule has 1 atom stereocenters. The smallest absolute Gasteiger partial charge is 0.0781 e. The van der Waals surface area contributed by atoms with Gasteiger partial charge in [-0.3, -0.25) is 0 Å². The number of hydrogen-bond acceptors (Lipinski definition) is 2. The Balaban J connectivity index is 2.87. The summed E-state index contributed by atoms with van der Waals surface area (Å²) in [6.07, 6.45) is 0.621. The second-order valence-electron chi connectivity index (χ2n) is 4.31. The predicted octanol–water partition coefficient (Wildman–Crippen LogP) is 1.56. The number of hydrogen-bond donors (Lipinski definition) is 2. The van der Waals surface area contributed by atoms with Crippen LogP contribution in [0.1, 0.15) is 23.6 Å². The summed E-state index contributed by atoms with van der Waals surface area (Å²) in [7, 11) is 0. The van der Waals surface area contributed by atoms with Gasteiger partial charge in [-0.1, -0.05) is 23.8 Å². The molecule has 0 aromatic heterocycles. The van der Waals surface area contributed by atoms with Crippen molar-refractivity contribution in [3.8, 4) is 0 Å². The number of rotatable bonds is 3. The molecule has 3 N–H and O–H groups in total. The van der Waals surface area contributed by atoms with Gasteiger partial charge in [0.1, 0.15) is 0 Å². The average molecular weight is 193 g/mol. The van der Waals surface area contributed by atoms with Gasteiger partial charge in [0.15, 0.2) is 0 Å². The lowest BCUT2D eigenvalue weighted by Gasteiger charge is -2.22. The molecule has 1 aromatic carbocycles. The summed E-state index contributed by atoms with van der Waals surface area (Å²) in [6, 6.07) is 6.26. The molecule has 0 fully saturated rings. The van der Waals surface area contributed by atoms with Crippen LogP contribution >= 0.6 is 0 Å². The van der Waals surface area contributed by atoms with Crippen LogP contribution in [-0.4, -0.2) is 17.3 Å². The van der Waals surface area contributed by atoms with Crippen molar-refractivity contribution in [1.29, 1.82) is 0 Å². The Morgan fingerprint density at radius 1 is 1.36 bits per heavy atom. The molecule has 0 saturated carbocycles. The van der Waals surface area contributed by atoms with E-state index in [1.54, 1.807) is 6.92 Å². The summed E-state index contributed by atoms with van der Waals surface area (Å²) < 4.78 is 0. The fourth-order valence-corrected chi connectivity index (χ4v) is 1.53. The van der Waals surface area contributed by atoms with E-state index in [2.05, 4.69) is 32.0 Å². The number of nitrogens with two attached hydrogens (primary N) is 1. The van der Waals surface area contributed by atoms with Crippen LogP contribution < -0.4 is 5.73 Å². The molecule has 14 heavy (non-hydrogen) atoms. The van der Waals surface area contributed by atoms with E-state index >= 15 is 0 Å². The van der Waals surface area contributed by atoms with Crippen LogP contribution in [0.4, 0.5) is 0 Å². The largest absolute Gasteiger partial charge is 0.389 e. The highest BCUT2D eigenvalue weighted by molar-refractivity contribution is 5.31. The van der Waals surface area contributed by atoms with Crippen LogP contribution in [0, 0.1) is 13.8 Å². The van der Waals surface area contributed by atoms with Crippen molar-refractivity contribution in [3.05, 3.63) is 34.9 Å². The van der Waals surface area contributed by atoms with E-state index in [9.17, 15) is 5.11 Å². The summed E-state index contributed by atoms with van der Waals surface area (Å²) in [6.45, 7) is 6.19. The van der Waals surface area contributed by atoms with Crippen LogP contribution in [-0.2, 0) is 6.42 Å². The topological polar surface area (TPSA) is 46.2 Å². The van der Waals surface area contributed by atoms with Crippen molar-refractivity contribution in [2.45, 2.75) is 32.8 Å². The van der Waals surface area contributed by atoms with Crippen molar-refractivity contribution in [3.63, 3.8) is 0 Å². The second kappa shape index (κ2) is 4.11. The lowest BCUT2D eigenvalue weighted by molar-refractivity contribution is 0.0695. The van der Waals surface area contributed by atoms with E-state index in [0.717, 1.165) is 0 Å². The Kier molecular flexibility index (Phi) is 3.29. The summed E-state index contributed by atoms with van der Waals surface area (Å²) in [5, 5.41) is 9.85. The van der Waals surface area contributed by atoms with Gasteiger partial charge in [-0.05, 0) is 31.9 Å². The molecule has 0 heterocycles. The summed E-state index contributed by atoms with van der Waals surface area (Å²) in [5.74, 6) is 0. The van der Waals surface area contributed by atoms with Crippen LogP contribution in [0.25, 0.3) is 0 Å². The lowest BCUT2D eigenvalue weighted by atomic mass is 9.93. The third-order valence-electron chi connectivity index (χ3n) is 2.51. The zero-order chi connectivity index (χ0) is 10.8. The Hall–Kier alpha value is -0.860. The van der Waals surface area contributed by atoms with Crippen LogP contribution in [0.15, 0.2) is 18.2 Å². The quantitative estimate of drug-likeness (QED) is 0.765. The molecule has 0 spiro atoms. The molecule has 1 rings (SSSR count). The highest BCUT2D eigenvalue weighted by atomic mass is 16.3. The van der Waals surface area contributed by atoms with Gasteiger partial charge in [0.25, 0.3) is 0 Å². The molecule has 1 aromatic rings. The van der Waals surface area contributed by atoms with Gasteiger partial charge >= 0.3 is 0 Å². The number of aliphatic hydroxyl groups is 1. The average Bonchev–Trinajstić information content (AvgIpc) is 2.10. The highest BCUT2D eigenvalue weighted by Crippen LogP contribution is 2.16. The van der Waals surface area contributed by atoms with Gasteiger partial charge in [0, 0.05) is 13.0 Å². The van der Waals surface area contributed by atoms with E-state index in [1.165, 1.54) is 16.7 Å². The van der Waals surface area contributed by atoms with E-state index in [1.807, 2.05) is 0 Å². The van der Waals surface area contributed by atoms with Crippen LogP contribution in [0.5, 0.6) is 0 Å².